The normalized spacial score (nSPS) is 18.4. The molecule has 122 valence electrons. The Morgan fingerprint density at radius 3 is 2.43 bits per heavy atom. The van der Waals surface area contributed by atoms with Crippen LogP contribution in [0, 0.1) is 6.92 Å². The molecular weight excluding hydrogens is 286 g/mol. The predicted molar refractivity (Wildman–Crippen MR) is 91.6 cm³/mol. The lowest BCUT2D eigenvalue weighted by Gasteiger charge is -2.26. The topological polar surface area (TPSA) is 33.5 Å². The minimum atomic E-state index is 0.00916. The van der Waals surface area contributed by atoms with Crippen molar-refractivity contribution >= 4 is 5.91 Å². The van der Waals surface area contributed by atoms with E-state index < -0.39 is 0 Å². The molecule has 3 rings (SSSR count). The van der Waals surface area contributed by atoms with Gasteiger partial charge in [0.25, 0.3) is 5.91 Å². The van der Waals surface area contributed by atoms with E-state index in [-0.39, 0.29) is 17.4 Å². The largest absolute Gasteiger partial charge is 0.459 e. The molecule has 1 fully saturated rings. The highest BCUT2D eigenvalue weighted by molar-refractivity contribution is 5.93. The number of furan rings is 1. The van der Waals surface area contributed by atoms with Crippen LogP contribution in [0.1, 0.15) is 66.9 Å². The van der Waals surface area contributed by atoms with Gasteiger partial charge >= 0.3 is 0 Å². The highest BCUT2D eigenvalue weighted by Gasteiger charge is 2.32. The second-order valence-corrected chi connectivity index (χ2v) is 7.46. The summed E-state index contributed by atoms with van der Waals surface area (Å²) in [6, 6.07) is 10.7. The van der Waals surface area contributed by atoms with E-state index >= 15 is 0 Å². The van der Waals surface area contributed by atoms with Crippen molar-refractivity contribution in [1.82, 2.24) is 4.90 Å². The molecule has 1 saturated heterocycles. The number of amides is 1. The molecule has 0 N–H and O–H groups in total. The van der Waals surface area contributed by atoms with Crippen LogP contribution in [0.2, 0.25) is 0 Å². The summed E-state index contributed by atoms with van der Waals surface area (Å²) >= 11 is 0. The molecule has 0 saturated carbocycles. The van der Waals surface area contributed by atoms with Gasteiger partial charge in [0, 0.05) is 12.1 Å². The zero-order chi connectivity index (χ0) is 16.6. The number of hydrogen-bond acceptors (Lipinski definition) is 2. The van der Waals surface area contributed by atoms with E-state index in [2.05, 4.69) is 45.0 Å². The molecule has 1 aliphatic rings. The van der Waals surface area contributed by atoms with Gasteiger partial charge in [-0.1, -0.05) is 45.0 Å². The summed E-state index contributed by atoms with van der Waals surface area (Å²) in [6.07, 6.45) is 3.64. The van der Waals surface area contributed by atoms with Crippen molar-refractivity contribution in [2.24, 2.45) is 0 Å². The highest BCUT2D eigenvalue weighted by atomic mass is 16.3. The van der Waals surface area contributed by atoms with Gasteiger partial charge in [-0.25, -0.2) is 0 Å². The number of carbonyl (C=O) groups excluding carboxylic acids is 1. The zero-order valence-electron chi connectivity index (χ0n) is 14.4. The molecule has 23 heavy (non-hydrogen) atoms. The molecule has 1 amide bonds. The Morgan fingerprint density at radius 1 is 1.17 bits per heavy atom. The van der Waals surface area contributed by atoms with Crippen molar-refractivity contribution in [3.8, 4) is 0 Å². The fourth-order valence-corrected chi connectivity index (χ4v) is 3.28. The van der Waals surface area contributed by atoms with Crippen LogP contribution in [-0.4, -0.2) is 17.4 Å². The van der Waals surface area contributed by atoms with Crippen LogP contribution in [0.25, 0.3) is 0 Å². The minimum absolute atomic E-state index is 0.00916. The van der Waals surface area contributed by atoms with Crippen molar-refractivity contribution in [1.29, 1.82) is 0 Å². The summed E-state index contributed by atoms with van der Waals surface area (Å²) in [4.78, 5) is 14.7. The van der Waals surface area contributed by atoms with Crippen molar-refractivity contribution in [2.45, 2.75) is 52.0 Å². The van der Waals surface area contributed by atoms with Crippen LogP contribution in [0.4, 0.5) is 0 Å². The smallest absolute Gasteiger partial charge is 0.290 e. The lowest BCUT2D eigenvalue weighted by atomic mass is 9.86. The molecule has 0 radical (unpaired) electrons. The predicted octanol–water partition coefficient (Wildman–Crippen LogP) is 4.86. The lowest BCUT2D eigenvalue weighted by molar-refractivity contribution is 0.0702. The van der Waals surface area contributed by atoms with Crippen LogP contribution < -0.4 is 0 Å². The van der Waals surface area contributed by atoms with E-state index in [1.165, 1.54) is 11.1 Å². The van der Waals surface area contributed by atoms with Crippen LogP contribution in [0.3, 0.4) is 0 Å². The first kappa shape index (κ1) is 15.9. The fourth-order valence-electron chi connectivity index (χ4n) is 3.28. The van der Waals surface area contributed by atoms with Gasteiger partial charge in [0.1, 0.15) is 0 Å². The van der Waals surface area contributed by atoms with Gasteiger partial charge in [0.15, 0.2) is 5.76 Å². The summed E-state index contributed by atoms with van der Waals surface area (Å²) in [7, 11) is 0. The summed E-state index contributed by atoms with van der Waals surface area (Å²) in [5.74, 6) is 0.484. The lowest BCUT2D eigenvalue weighted by Crippen LogP contribution is -2.30. The maximum atomic E-state index is 12.8. The van der Waals surface area contributed by atoms with Gasteiger partial charge in [-0.05, 0) is 42.4 Å². The Balaban J connectivity index is 1.84. The van der Waals surface area contributed by atoms with Gasteiger partial charge in [-0.2, -0.15) is 0 Å². The van der Waals surface area contributed by atoms with Crippen LogP contribution in [0.5, 0.6) is 0 Å². The molecule has 1 atom stereocenters. The summed E-state index contributed by atoms with van der Waals surface area (Å²) < 4.78 is 5.40. The number of hydrogen-bond donors (Lipinski definition) is 0. The molecule has 1 aromatic heterocycles. The molecule has 3 heteroatoms. The number of nitrogens with zero attached hydrogens (tertiary/aromatic N) is 1. The Kier molecular flexibility index (Phi) is 4.05. The Morgan fingerprint density at radius 2 is 1.87 bits per heavy atom. The van der Waals surface area contributed by atoms with E-state index in [9.17, 15) is 4.79 Å². The van der Waals surface area contributed by atoms with Gasteiger partial charge in [-0.15, -0.1) is 0 Å². The Labute approximate surface area is 138 Å². The number of benzene rings is 1. The first-order chi connectivity index (χ1) is 10.9. The molecule has 0 spiro atoms. The molecule has 3 nitrogen and oxygen atoms in total. The van der Waals surface area contributed by atoms with E-state index in [4.69, 9.17) is 4.42 Å². The maximum Gasteiger partial charge on any atom is 0.290 e. The van der Waals surface area contributed by atoms with Crippen molar-refractivity contribution in [3.05, 3.63) is 59.0 Å². The molecular formula is C20H25NO2. The average molecular weight is 311 g/mol. The number of aryl methyl sites for hydroxylation is 1. The first-order valence-electron chi connectivity index (χ1n) is 8.33. The Hall–Kier alpha value is -2.03. The van der Waals surface area contributed by atoms with Crippen molar-refractivity contribution in [2.75, 3.05) is 6.54 Å². The zero-order valence-corrected chi connectivity index (χ0v) is 14.4. The summed E-state index contributed by atoms with van der Waals surface area (Å²) in [6.45, 7) is 9.36. The van der Waals surface area contributed by atoms with Gasteiger partial charge < -0.3 is 9.32 Å². The van der Waals surface area contributed by atoms with E-state index in [0.29, 0.717) is 5.76 Å². The molecule has 1 aliphatic heterocycles. The first-order valence-corrected chi connectivity index (χ1v) is 8.33. The third-order valence-corrected chi connectivity index (χ3v) is 4.73. The maximum absolute atomic E-state index is 12.8. The minimum Gasteiger partial charge on any atom is -0.459 e. The van der Waals surface area contributed by atoms with E-state index in [1.807, 2.05) is 17.9 Å². The number of rotatable bonds is 2. The number of carbonyl (C=O) groups is 1. The summed E-state index contributed by atoms with van der Waals surface area (Å²) in [5, 5.41) is 0. The van der Waals surface area contributed by atoms with Gasteiger partial charge in [-0.3, -0.25) is 4.79 Å². The van der Waals surface area contributed by atoms with Crippen LogP contribution in [0.15, 0.2) is 41.0 Å². The number of likely N-dealkylation sites (tertiary alicyclic amines) is 1. The van der Waals surface area contributed by atoms with E-state index in [1.54, 1.807) is 6.26 Å². The highest BCUT2D eigenvalue weighted by Crippen LogP contribution is 2.34. The molecule has 0 aliphatic carbocycles. The third-order valence-electron chi connectivity index (χ3n) is 4.73. The second-order valence-electron chi connectivity index (χ2n) is 7.46. The average Bonchev–Trinajstić information content (AvgIpc) is 3.14. The van der Waals surface area contributed by atoms with Gasteiger partial charge in [0.05, 0.1) is 12.3 Å². The molecule has 1 unspecified atom stereocenters. The van der Waals surface area contributed by atoms with Crippen LogP contribution >= 0.6 is 0 Å². The van der Waals surface area contributed by atoms with Crippen molar-refractivity contribution < 1.29 is 9.21 Å². The quantitative estimate of drug-likeness (QED) is 0.793. The SMILES string of the molecule is Cc1ccoc1C(=O)N1CCCC1c1ccc(C(C)(C)C)cc1. The second kappa shape index (κ2) is 5.88. The van der Waals surface area contributed by atoms with E-state index in [0.717, 1.165) is 24.9 Å². The molecule has 0 bridgehead atoms. The molecule has 2 aromatic rings. The fraction of sp³-hybridized carbons (Fsp3) is 0.450. The van der Waals surface area contributed by atoms with Gasteiger partial charge in [0.2, 0.25) is 0 Å². The molecule has 2 heterocycles. The standard InChI is InChI=1S/C20H25NO2/c1-14-11-13-23-18(14)19(22)21-12-5-6-17(21)15-7-9-16(10-8-15)20(2,3)4/h7-11,13,17H,5-6,12H2,1-4H3. The third kappa shape index (κ3) is 3.05. The van der Waals surface area contributed by atoms with Crippen LogP contribution in [-0.2, 0) is 5.41 Å². The molecule has 1 aromatic carbocycles. The monoisotopic (exact) mass is 311 g/mol. The Bertz CT molecular complexity index is 691. The summed E-state index contributed by atoms with van der Waals surface area (Å²) in [5.41, 5.74) is 3.59. The van der Waals surface area contributed by atoms with Crippen molar-refractivity contribution in [3.63, 3.8) is 0 Å².